The molecule has 2 unspecified atom stereocenters. The second kappa shape index (κ2) is 4.43. The van der Waals surface area contributed by atoms with Crippen LogP contribution in [0.1, 0.15) is 29.6 Å². The number of carbonyl (C=O) groups is 1. The van der Waals surface area contributed by atoms with E-state index >= 15 is 0 Å². The van der Waals surface area contributed by atoms with Crippen molar-refractivity contribution in [2.75, 3.05) is 18.8 Å². The number of halogens is 1. The molecule has 1 aliphatic heterocycles. The highest BCUT2D eigenvalue weighted by molar-refractivity contribution is 6.29. The van der Waals surface area contributed by atoms with Gasteiger partial charge in [0.15, 0.2) is 0 Å². The molecule has 0 aromatic carbocycles. The monoisotopic (exact) mass is 265 g/mol. The minimum absolute atomic E-state index is 0.00815. The molecule has 1 aromatic heterocycles. The van der Waals surface area contributed by atoms with Crippen LogP contribution in [0.5, 0.6) is 0 Å². The molecule has 0 bridgehead atoms. The maximum absolute atomic E-state index is 12.4. The summed E-state index contributed by atoms with van der Waals surface area (Å²) in [7, 11) is 0. The number of nitrogen functional groups attached to an aromatic ring is 1. The van der Waals surface area contributed by atoms with Gasteiger partial charge in [0.25, 0.3) is 5.91 Å². The van der Waals surface area contributed by atoms with Crippen molar-refractivity contribution < 1.29 is 4.79 Å². The van der Waals surface area contributed by atoms with E-state index in [1.165, 1.54) is 25.5 Å². The summed E-state index contributed by atoms with van der Waals surface area (Å²) in [6.45, 7) is 1.73. The van der Waals surface area contributed by atoms with Crippen molar-refractivity contribution in [2.45, 2.75) is 19.3 Å². The summed E-state index contributed by atoms with van der Waals surface area (Å²) in [6.07, 6.45) is 5.26. The van der Waals surface area contributed by atoms with Crippen LogP contribution in [0.3, 0.4) is 0 Å². The van der Waals surface area contributed by atoms with Crippen LogP contribution in [-0.4, -0.2) is 28.9 Å². The fourth-order valence-corrected chi connectivity index (χ4v) is 3.35. The molecule has 2 N–H and O–H groups in total. The average Bonchev–Trinajstić information content (AvgIpc) is 2.91. The lowest BCUT2D eigenvalue weighted by molar-refractivity contribution is 0.0781. The van der Waals surface area contributed by atoms with Crippen LogP contribution in [0.2, 0.25) is 5.15 Å². The number of nitrogens with two attached hydrogens (primary N) is 1. The molecule has 2 atom stereocenters. The smallest absolute Gasteiger partial charge is 0.256 e. The standard InChI is InChI=1S/C13H16ClN3O/c14-12-4-10(11(15)5-16-12)13(18)17-6-8-2-1-3-9(8)7-17/h4-5,8-9H,1-3,6-7,15H2. The van der Waals surface area contributed by atoms with Gasteiger partial charge in [0, 0.05) is 13.1 Å². The molecule has 1 aromatic rings. The third kappa shape index (κ3) is 1.94. The Kier molecular flexibility index (Phi) is 2.90. The molecule has 0 spiro atoms. The minimum Gasteiger partial charge on any atom is -0.397 e. The van der Waals surface area contributed by atoms with Crippen molar-refractivity contribution >= 4 is 23.2 Å². The first-order valence-electron chi connectivity index (χ1n) is 6.35. The summed E-state index contributed by atoms with van der Waals surface area (Å²) >= 11 is 5.83. The predicted molar refractivity (Wildman–Crippen MR) is 70.4 cm³/mol. The van der Waals surface area contributed by atoms with Gasteiger partial charge in [0.2, 0.25) is 0 Å². The zero-order chi connectivity index (χ0) is 12.7. The van der Waals surface area contributed by atoms with Crippen molar-refractivity contribution in [3.8, 4) is 0 Å². The molecule has 1 saturated heterocycles. The lowest BCUT2D eigenvalue weighted by atomic mass is 10.0. The van der Waals surface area contributed by atoms with Crippen LogP contribution in [0.4, 0.5) is 5.69 Å². The highest BCUT2D eigenvalue weighted by atomic mass is 35.5. The number of likely N-dealkylation sites (tertiary alicyclic amines) is 1. The fourth-order valence-electron chi connectivity index (χ4n) is 3.20. The number of hydrogen-bond donors (Lipinski definition) is 1. The zero-order valence-corrected chi connectivity index (χ0v) is 10.9. The van der Waals surface area contributed by atoms with Gasteiger partial charge in [-0.05, 0) is 30.7 Å². The summed E-state index contributed by atoms with van der Waals surface area (Å²) in [6, 6.07) is 1.56. The number of nitrogens with zero attached hydrogens (tertiary/aromatic N) is 2. The second-order valence-electron chi connectivity index (χ2n) is 5.26. The van der Waals surface area contributed by atoms with Crippen molar-refractivity contribution in [3.05, 3.63) is 23.0 Å². The number of hydrogen-bond acceptors (Lipinski definition) is 3. The molecule has 2 aliphatic rings. The minimum atomic E-state index is -0.00815. The Bertz CT molecular complexity index is 479. The first-order chi connectivity index (χ1) is 8.65. The van der Waals surface area contributed by atoms with E-state index in [2.05, 4.69) is 4.98 Å². The number of aromatic nitrogens is 1. The molecule has 2 heterocycles. The van der Waals surface area contributed by atoms with Crippen LogP contribution in [0.15, 0.2) is 12.3 Å². The van der Waals surface area contributed by atoms with E-state index in [9.17, 15) is 4.79 Å². The Labute approximate surface area is 111 Å². The molecule has 2 fully saturated rings. The maximum Gasteiger partial charge on any atom is 0.256 e. The van der Waals surface area contributed by atoms with Gasteiger partial charge in [-0.25, -0.2) is 4.98 Å². The molecule has 3 rings (SSSR count). The van der Waals surface area contributed by atoms with Gasteiger partial charge in [-0.1, -0.05) is 18.0 Å². The van der Waals surface area contributed by atoms with Gasteiger partial charge < -0.3 is 10.6 Å². The predicted octanol–water partition coefficient (Wildman–Crippen LogP) is 2.19. The van der Waals surface area contributed by atoms with Gasteiger partial charge in [-0.15, -0.1) is 0 Å². The Morgan fingerprint density at radius 3 is 2.72 bits per heavy atom. The molecule has 96 valence electrons. The molecule has 0 radical (unpaired) electrons. The van der Waals surface area contributed by atoms with E-state index in [-0.39, 0.29) is 5.91 Å². The topological polar surface area (TPSA) is 59.2 Å². The van der Waals surface area contributed by atoms with E-state index in [1.54, 1.807) is 6.07 Å². The Morgan fingerprint density at radius 1 is 1.39 bits per heavy atom. The third-order valence-corrected chi connectivity index (χ3v) is 4.35. The van der Waals surface area contributed by atoms with Gasteiger partial charge in [-0.2, -0.15) is 0 Å². The molecule has 1 saturated carbocycles. The Balaban J connectivity index is 1.81. The van der Waals surface area contributed by atoms with E-state index in [0.29, 0.717) is 28.2 Å². The third-order valence-electron chi connectivity index (χ3n) is 4.15. The average molecular weight is 266 g/mol. The van der Waals surface area contributed by atoms with E-state index < -0.39 is 0 Å². The second-order valence-corrected chi connectivity index (χ2v) is 5.64. The number of carbonyl (C=O) groups excluding carboxylic acids is 1. The van der Waals surface area contributed by atoms with Crippen molar-refractivity contribution in [1.82, 2.24) is 9.88 Å². The zero-order valence-electron chi connectivity index (χ0n) is 10.1. The van der Waals surface area contributed by atoms with Crippen LogP contribution < -0.4 is 5.73 Å². The van der Waals surface area contributed by atoms with E-state index in [4.69, 9.17) is 17.3 Å². The van der Waals surface area contributed by atoms with Crippen LogP contribution in [-0.2, 0) is 0 Å². The highest BCUT2D eigenvalue weighted by Crippen LogP contribution is 2.38. The molecule has 18 heavy (non-hydrogen) atoms. The SMILES string of the molecule is Nc1cnc(Cl)cc1C(=O)N1CC2CCCC2C1. The summed E-state index contributed by atoms with van der Waals surface area (Å²) in [5.41, 5.74) is 6.69. The van der Waals surface area contributed by atoms with Crippen molar-refractivity contribution in [2.24, 2.45) is 11.8 Å². The maximum atomic E-state index is 12.4. The van der Waals surface area contributed by atoms with Crippen molar-refractivity contribution in [1.29, 1.82) is 0 Å². The lowest BCUT2D eigenvalue weighted by Crippen LogP contribution is -2.30. The quantitative estimate of drug-likeness (QED) is 0.792. The van der Waals surface area contributed by atoms with Gasteiger partial charge >= 0.3 is 0 Å². The molecule has 1 amide bonds. The molecule has 5 heteroatoms. The van der Waals surface area contributed by atoms with E-state index in [1.807, 2.05) is 4.90 Å². The number of rotatable bonds is 1. The fraction of sp³-hybridized carbons (Fsp3) is 0.538. The summed E-state index contributed by atoms with van der Waals surface area (Å²) in [5, 5.41) is 0.312. The number of anilines is 1. The highest BCUT2D eigenvalue weighted by Gasteiger charge is 2.38. The number of amides is 1. The molecular weight excluding hydrogens is 250 g/mol. The summed E-state index contributed by atoms with van der Waals surface area (Å²) in [4.78, 5) is 18.2. The van der Waals surface area contributed by atoms with E-state index in [0.717, 1.165) is 13.1 Å². The lowest BCUT2D eigenvalue weighted by Gasteiger charge is -2.18. The van der Waals surface area contributed by atoms with Gasteiger partial charge in [-0.3, -0.25) is 4.79 Å². The summed E-state index contributed by atoms with van der Waals surface area (Å²) in [5.74, 6) is 1.37. The molecule has 1 aliphatic carbocycles. The Hall–Kier alpha value is -1.29. The molecule has 4 nitrogen and oxygen atoms in total. The number of pyridine rings is 1. The first-order valence-corrected chi connectivity index (χ1v) is 6.73. The van der Waals surface area contributed by atoms with Crippen molar-refractivity contribution in [3.63, 3.8) is 0 Å². The van der Waals surface area contributed by atoms with Crippen LogP contribution >= 0.6 is 11.6 Å². The summed E-state index contributed by atoms with van der Waals surface area (Å²) < 4.78 is 0. The van der Waals surface area contributed by atoms with Crippen LogP contribution in [0, 0.1) is 11.8 Å². The Morgan fingerprint density at radius 2 is 2.06 bits per heavy atom. The first kappa shape index (κ1) is 11.8. The normalized spacial score (nSPS) is 26.4. The largest absolute Gasteiger partial charge is 0.397 e. The van der Waals surface area contributed by atoms with Gasteiger partial charge in [0.1, 0.15) is 5.15 Å². The molecular formula is C13H16ClN3O. The number of fused-ring (bicyclic) bond motifs is 1. The van der Waals surface area contributed by atoms with Crippen LogP contribution in [0.25, 0.3) is 0 Å². The van der Waals surface area contributed by atoms with Gasteiger partial charge in [0.05, 0.1) is 17.4 Å².